The zero-order chi connectivity index (χ0) is 10.6. The SMILES string of the molecule is O=c1[nH]c(O)c(CCCCO)c(=O)[nH]1. The van der Waals surface area contributed by atoms with E-state index in [2.05, 4.69) is 4.98 Å². The van der Waals surface area contributed by atoms with Crippen LogP contribution in [0.5, 0.6) is 5.88 Å². The van der Waals surface area contributed by atoms with Crippen LogP contribution >= 0.6 is 0 Å². The molecule has 1 heterocycles. The average molecular weight is 200 g/mol. The summed E-state index contributed by atoms with van der Waals surface area (Å²) in [5.41, 5.74) is -1.15. The third-order valence-corrected chi connectivity index (χ3v) is 1.85. The lowest BCUT2D eigenvalue weighted by molar-refractivity contribution is 0.284. The van der Waals surface area contributed by atoms with Crippen LogP contribution in [0.2, 0.25) is 0 Å². The van der Waals surface area contributed by atoms with Gasteiger partial charge in [0.15, 0.2) is 0 Å². The number of hydrogen-bond donors (Lipinski definition) is 4. The lowest BCUT2D eigenvalue weighted by Crippen LogP contribution is -2.25. The number of hydrogen-bond acceptors (Lipinski definition) is 4. The summed E-state index contributed by atoms with van der Waals surface area (Å²) in [7, 11) is 0. The molecular weight excluding hydrogens is 188 g/mol. The normalized spacial score (nSPS) is 10.4. The molecule has 0 aromatic carbocycles. The van der Waals surface area contributed by atoms with Crippen LogP contribution in [0.25, 0.3) is 0 Å². The van der Waals surface area contributed by atoms with Crippen molar-refractivity contribution >= 4 is 0 Å². The van der Waals surface area contributed by atoms with Gasteiger partial charge in [0.25, 0.3) is 5.56 Å². The number of aromatic nitrogens is 2. The van der Waals surface area contributed by atoms with Crippen molar-refractivity contribution in [1.29, 1.82) is 0 Å². The highest BCUT2D eigenvalue weighted by Gasteiger charge is 2.07. The Kier molecular flexibility index (Phi) is 3.47. The summed E-state index contributed by atoms with van der Waals surface area (Å²) in [5, 5.41) is 17.8. The number of H-pyrrole nitrogens is 2. The maximum absolute atomic E-state index is 11.2. The Morgan fingerprint density at radius 1 is 1.14 bits per heavy atom. The molecule has 14 heavy (non-hydrogen) atoms. The monoisotopic (exact) mass is 200 g/mol. The van der Waals surface area contributed by atoms with Crippen molar-refractivity contribution in [2.24, 2.45) is 0 Å². The highest BCUT2D eigenvalue weighted by Crippen LogP contribution is 2.08. The van der Waals surface area contributed by atoms with Gasteiger partial charge in [0.1, 0.15) is 0 Å². The van der Waals surface area contributed by atoms with Crippen LogP contribution in [0.4, 0.5) is 0 Å². The maximum Gasteiger partial charge on any atom is 0.328 e. The summed E-state index contributed by atoms with van der Waals surface area (Å²) in [6.45, 7) is 0.0437. The number of unbranched alkanes of at least 4 members (excludes halogenated alkanes) is 1. The van der Waals surface area contributed by atoms with Gasteiger partial charge in [0.2, 0.25) is 5.88 Å². The van der Waals surface area contributed by atoms with E-state index >= 15 is 0 Å². The maximum atomic E-state index is 11.2. The molecule has 6 heteroatoms. The minimum Gasteiger partial charge on any atom is -0.494 e. The molecule has 0 unspecified atom stereocenters. The van der Waals surface area contributed by atoms with Crippen LogP contribution in [0.3, 0.4) is 0 Å². The standard InChI is InChI=1S/C8H12N2O4/c11-4-2-1-3-5-6(12)9-8(14)10-7(5)13/h11H,1-4H2,(H3,9,10,12,13,14). The molecule has 0 aliphatic heterocycles. The second-order valence-corrected chi connectivity index (χ2v) is 2.92. The first-order valence-corrected chi connectivity index (χ1v) is 4.30. The summed E-state index contributed by atoms with van der Waals surface area (Å²) in [6, 6.07) is 0. The largest absolute Gasteiger partial charge is 0.494 e. The Hall–Kier alpha value is -1.56. The van der Waals surface area contributed by atoms with Crippen LogP contribution in [0.15, 0.2) is 9.59 Å². The van der Waals surface area contributed by atoms with Crippen molar-refractivity contribution in [2.75, 3.05) is 6.61 Å². The number of aromatic amines is 2. The van der Waals surface area contributed by atoms with E-state index in [1.807, 2.05) is 4.98 Å². The van der Waals surface area contributed by atoms with Gasteiger partial charge >= 0.3 is 5.69 Å². The van der Waals surface area contributed by atoms with E-state index in [4.69, 9.17) is 5.11 Å². The zero-order valence-corrected chi connectivity index (χ0v) is 7.54. The summed E-state index contributed by atoms with van der Waals surface area (Å²) < 4.78 is 0. The second kappa shape index (κ2) is 4.61. The number of aliphatic hydroxyl groups is 1. The van der Waals surface area contributed by atoms with Crippen LogP contribution < -0.4 is 11.2 Å². The highest BCUT2D eigenvalue weighted by atomic mass is 16.3. The molecule has 1 aromatic heterocycles. The molecule has 0 spiro atoms. The van der Waals surface area contributed by atoms with Crippen molar-refractivity contribution < 1.29 is 10.2 Å². The molecule has 1 aromatic rings. The molecule has 0 amide bonds. The third-order valence-electron chi connectivity index (χ3n) is 1.85. The average Bonchev–Trinajstić information content (AvgIpc) is 2.09. The summed E-state index contributed by atoms with van der Waals surface area (Å²) in [5.74, 6) is -0.392. The first kappa shape index (κ1) is 10.5. The molecule has 0 atom stereocenters. The zero-order valence-electron chi connectivity index (χ0n) is 7.54. The van der Waals surface area contributed by atoms with E-state index in [1.54, 1.807) is 0 Å². The van der Waals surface area contributed by atoms with E-state index in [1.165, 1.54) is 0 Å². The molecule has 0 aliphatic carbocycles. The van der Waals surface area contributed by atoms with Crippen molar-refractivity contribution in [3.63, 3.8) is 0 Å². The topological polar surface area (TPSA) is 106 Å². The first-order valence-electron chi connectivity index (χ1n) is 4.30. The van der Waals surface area contributed by atoms with Gasteiger partial charge in [-0.2, -0.15) is 0 Å². The Bertz CT molecular complexity index is 407. The molecule has 0 radical (unpaired) electrons. The van der Waals surface area contributed by atoms with E-state index in [0.29, 0.717) is 19.3 Å². The molecule has 0 saturated heterocycles. The van der Waals surface area contributed by atoms with Crippen LogP contribution in [0.1, 0.15) is 18.4 Å². The molecule has 4 N–H and O–H groups in total. The van der Waals surface area contributed by atoms with Crippen molar-refractivity contribution in [2.45, 2.75) is 19.3 Å². The van der Waals surface area contributed by atoms with Crippen LogP contribution in [-0.2, 0) is 6.42 Å². The smallest absolute Gasteiger partial charge is 0.328 e. The van der Waals surface area contributed by atoms with Gasteiger partial charge in [-0.3, -0.25) is 14.8 Å². The minimum atomic E-state index is -0.724. The fraction of sp³-hybridized carbons (Fsp3) is 0.500. The predicted octanol–water partition coefficient (Wildman–Crippen LogP) is -0.916. The lowest BCUT2D eigenvalue weighted by atomic mass is 10.1. The molecule has 1 rings (SSSR count). The molecule has 6 nitrogen and oxygen atoms in total. The fourth-order valence-corrected chi connectivity index (χ4v) is 1.15. The Morgan fingerprint density at radius 3 is 2.43 bits per heavy atom. The van der Waals surface area contributed by atoms with Gasteiger partial charge in [-0.15, -0.1) is 0 Å². The molecule has 0 aliphatic rings. The van der Waals surface area contributed by atoms with Gasteiger partial charge in [-0.1, -0.05) is 0 Å². The van der Waals surface area contributed by atoms with Crippen LogP contribution in [-0.4, -0.2) is 26.8 Å². The number of nitrogens with one attached hydrogen (secondary N) is 2. The van der Waals surface area contributed by atoms with E-state index in [9.17, 15) is 14.7 Å². The van der Waals surface area contributed by atoms with Gasteiger partial charge < -0.3 is 10.2 Å². The van der Waals surface area contributed by atoms with Gasteiger partial charge in [-0.05, 0) is 19.3 Å². The van der Waals surface area contributed by atoms with E-state index in [0.717, 1.165) is 0 Å². The van der Waals surface area contributed by atoms with Crippen molar-refractivity contribution in [3.05, 3.63) is 26.4 Å². The molecular formula is C8H12N2O4. The van der Waals surface area contributed by atoms with Crippen molar-refractivity contribution in [3.8, 4) is 5.88 Å². The Labute approximate surface area is 79.2 Å². The Balaban J connectivity index is 2.86. The molecule has 78 valence electrons. The molecule has 0 fully saturated rings. The number of aromatic hydroxyl groups is 1. The van der Waals surface area contributed by atoms with E-state index < -0.39 is 17.1 Å². The fourth-order valence-electron chi connectivity index (χ4n) is 1.15. The number of aliphatic hydroxyl groups excluding tert-OH is 1. The van der Waals surface area contributed by atoms with Gasteiger partial charge in [-0.25, -0.2) is 4.79 Å². The third kappa shape index (κ3) is 2.46. The summed E-state index contributed by atoms with van der Waals surface area (Å²) in [6.07, 6.45) is 1.47. The van der Waals surface area contributed by atoms with E-state index in [-0.39, 0.29) is 12.2 Å². The molecule has 0 bridgehead atoms. The Morgan fingerprint density at radius 2 is 1.86 bits per heavy atom. The minimum absolute atomic E-state index is 0.0437. The second-order valence-electron chi connectivity index (χ2n) is 2.92. The quantitative estimate of drug-likeness (QED) is 0.472. The molecule has 0 saturated carbocycles. The predicted molar refractivity (Wildman–Crippen MR) is 49.4 cm³/mol. The number of rotatable bonds is 4. The van der Waals surface area contributed by atoms with Crippen LogP contribution in [0, 0.1) is 0 Å². The van der Waals surface area contributed by atoms with Gasteiger partial charge in [0, 0.05) is 6.61 Å². The summed E-state index contributed by atoms with van der Waals surface area (Å²) in [4.78, 5) is 25.9. The summed E-state index contributed by atoms with van der Waals surface area (Å²) >= 11 is 0. The highest BCUT2D eigenvalue weighted by molar-refractivity contribution is 5.20. The van der Waals surface area contributed by atoms with Gasteiger partial charge in [0.05, 0.1) is 5.56 Å². The first-order chi connectivity index (χ1) is 6.65. The lowest BCUT2D eigenvalue weighted by Gasteiger charge is -2.00. The van der Waals surface area contributed by atoms with Crippen molar-refractivity contribution in [1.82, 2.24) is 9.97 Å².